The number of carbonyl (C=O) groups is 1. The van der Waals surface area contributed by atoms with Gasteiger partial charge >= 0.3 is 0 Å². The predicted octanol–water partition coefficient (Wildman–Crippen LogP) is 4.59. The van der Waals surface area contributed by atoms with E-state index in [1.807, 2.05) is 0 Å². The molecule has 0 amide bonds. The molecule has 106 valence electrons. The summed E-state index contributed by atoms with van der Waals surface area (Å²) < 4.78 is 0. The fourth-order valence-electron chi connectivity index (χ4n) is 2.16. The molecule has 19 heavy (non-hydrogen) atoms. The van der Waals surface area contributed by atoms with E-state index < -0.39 is 0 Å². The molecule has 0 aliphatic carbocycles. The Hall–Kier alpha value is -1.31. The minimum Gasteiger partial charge on any atom is -0.383 e. The monoisotopic (exact) mass is 261 g/mol. The van der Waals surface area contributed by atoms with Gasteiger partial charge in [0.25, 0.3) is 0 Å². The fourth-order valence-corrected chi connectivity index (χ4v) is 2.16. The smallest absolute Gasteiger partial charge is 0.132 e. The van der Waals surface area contributed by atoms with E-state index in [0.717, 1.165) is 38.5 Å². The molecule has 1 rings (SSSR count). The molecule has 1 aromatic rings. The molecule has 0 saturated carbocycles. The fraction of sp³-hybridized carbons (Fsp3) is 0.588. The topological polar surface area (TPSA) is 29.1 Å². The summed E-state index contributed by atoms with van der Waals surface area (Å²) in [6.07, 6.45) is 5.66. The van der Waals surface area contributed by atoms with Crippen LogP contribution in [0, 0.1) is 0 Å². The SMILES string of the molecule is CCCC(=O)CCCCc1ccc(NC(C)C)cc1. The van der Waals surface area contributed by atoms with E-state index in [0.29, 0.717) is 11.8 Å². The molecule has 0 bridgehead atoms. The first-order chi connectivity index (χ1) is 9.11. The molecule has 0 unspecified atom stereocenters. The second kappa shape index (κ2) is 8.73. The number of hydrogen-bond donors (Lipinski definition) is 1. The zero-order chi connectivity index (χ0) is 14.1. The number of aryl methyl sites for hydroxylation is 1. The molecular formula is C17H27NO. The summed E-state index contributed by atoms with van der Waals surface area (Å²) in [6, 6.07) is 9.10. The van der Waals surface area contributed by atoms with Crippen LogP contribution in [0.2, 0.25) is 0 Å². The van der Waals surface area contributed by atoms with Crippen molar-refractivity contribution in [1.29, 1.82) is 0 Å². The Morgan fingerprint density at radius 2 is 1.79 bits per heavy atom. The van der Waals surface area contributed by atoms with Gasteiger partial charge in [0.05, 0.1) is 0 Å². The number of benzene rings is 1. The first-order valence-corrected chi connectivity index (χ1v) is 7.49. The molecular weight excluding hydrogens is 234 g/mol. The van der Waals surface area contributed by atoms with Gasteiger partial charge < -0.3 is 5.32 Å². The number of hydrogen-bond acceptors (Lipinski definition) is 2. The Morgan fingerprint density at radius 1 is 1.11 bits per heavy atom. The van der Waals surface area contributed by atoms with Crippen LogP contribution < -0.4 is 5.32 Å². The van der Waals surface area contributed by atoms with Gasteiger partial charge in [-0.3, -0.25) is 4.79 Å². The van der Waals surface area contributed by atoms with Gasteiger partial charge in [-0.05, 0) is 57.2 Å². The molecule has 0 spiro atoms. The molecule has 0 heterocycles. The van der Waals surface area contributed by atoms with E-state index in [1.165, 1.54) is 11.3 Å². The highest BCUT2D eigenvalue weighted by atomic mass is 16.1. The first-order valence-electron chi connectivity index (χ1n) is 7.49. The largest absolute Gasteiger partial charge is 0.383 e. The average molecular weight is 261 g/mol. The van der Waals surface area contributed by atoms with Gasteiger partial charge in [0.15, 0.2) is 0 Å². The molecule has 0 aromatic heterocycles. The Balaban J connectivity index is 2.24. The maximum Gasteiger partial charge on any atom is 0.132 e. The van der Waals surface area contributed by atoms with Gasteiger partial charge in [-0.25, -0.2) is 0 Å². The molecule has 1 N–H and O–H groups in total. The van der Waals surface area contributed by atoms with E-state index in [4.69, 9.17) is 0 Å². The molecule has 0 atom stereocenters. The summed E-state index contributed by atoms with van der Waals surface area (Å²) in [5.41, 5.74) is 2.54. The van der Waals surface area contributed by atoms with E-state index in [1.54, 1.807) is 0 Å². The van der Waals surface area contributed by atoms with Crippen molar-refractivity contribution in [2.75, 3.05) is 5.32 Å². The Morgan fingerprint density at radius 3 is 2.37 bits per heavy atom. The predicted molar refractivity (Wildman–Crippen MR) is 82.7 cm³/mol. The van der Waals surface area contributed by atoms with E-state index in [-0.39, 0.29) is 0 Å². The lowest BCUT2D eigenvalue weighted by Crippen LogP contribution is -2.09. The Bertz CT molecular complexity index is 367. The van der Waals surface area contributed by atoms with Crippen LogP contribution in [0.15, 0.2) is 24.3 Å². The standard InChI is InChI=1S/C17H27NO/c1-4-7-17(19)9-6-5-8-15-10-12-16(13-11-15)18-14(2)3/h10-14,18H,4-9H2,1-3H3. The third kappa shape index (κ3) is 7.00. The minimum absolute atomic E-state index is 0.416. The lowest BCUT2D eigenvalue weighted by atomic mass is 10.0. The van der Waals surface area contributed by atoms with Crippen LogP contribution in [-0.4, -0.2) is 11.8 Å². The van der Waals surface area contributed by atoms with Gasteiger partial charge in [-0.2, -0.15) is 0 Å². The van der Waals surface area contributed by atoms with Crippen LogP contribution in [0.25, 0.3) is 0 Å². The summed E-state index contributed by atoms with van der Waals surface area (Å²) in [4.78, 5) is 11.4. The Kier molecular flexibility index (Phi) is 7.24. The summed E-state index contributed by atoms with van der Waals surface area (Å²) in [6.45, 7) is 6.34. The van der Waals surface area contributed by atoms with Crippen molar-refractivity contribution in [2.24, 2.45) is 0 Å². The molecule has 0 saturated heterocycles. The highest BCUT2D eigenvalue weighted by Crippen LogP contribution is 2.13. The van der Waals surface area contributed by atoms with Crippen LogP contribution in [-0.2, 0) is 11.2 Å². The molecule has 0 radical (unpaired) electrons. The van der Waals surface area contributed by atoms with Crippen molar-refractivity contribution in [3.63, 3.8) is 0 Å². The first kappa shape index (κ1) is 15.7. The van der Waals surface area contributed by atoms with Crippen molar-refractivity contribution in [1.82, 2.24) is 0 Å². The Labute approximate surface area is 117 Å². The highest BCUT2D eigenvalue weighted by molar-refractivity contribution is 5.78. The van der Waals surface area contributed by atoms with Gasteiger partial charge in [0.2, 0.25) is 0 Å². The van der Waals surface area contributed by atoms with Gasteiger partial charge in [-0.1, -0.05) is 19.1 Å². The second-order valence-corrected chi connectivity index (χ2v) is 5.49. The number of Topliss-reactive ketones (excluding diaryl/α,β-unsaturated/α-hetero) is 1. The van der Waals surface area contributed by atoms with Crippen molar-refractivity contribution >= 4 is 11.5 Å². The van der Waals surface area contributed by atoms with Gasteiger partial charge in [0.1, 0.15) is 5.78 Å². The molecule has 0 fully saturated rings. The summed E-state index contributed by atoms with van der Waals surface area (Å²) in [7, 11) is 0. The van der Waals surface area contributed by atoms with Crippen LogP contribution in [0.4, 0.5) is 5.69 Å². The molecule has 0 aliphatic rings. The quantitative estimate of drug-likeness (QED) is 0.659. The minimum atomic E-state index is 0.416. The summed E-state index contributed by atoms with van der Waals surface area (Å²) in [5.74, 6) is 0.416. The van der Waals surface area contributed by atoms with Crippen LogP contribution >= 0.6 is 0 Å². The normalized spacial score (nSPS) is 10.7. The third-order valence-electron chi connectivity index (χ3n) is 3.11. The number of anilines is 1. The second-order valence-electron chi connectivity index (χ2n) is 5.49. The third-order valence-corrected chi connectivity index (χ3v) is 3.11. The van der Waals surface area contributed by atoms with Gasteiger partial charge in [0, 0.05) is 24.6 Å². The van der Waals surface area contributed by atoms with E-state index in [9.17, 15) is 4.79 Å². The number of rotatable bonds is 9. The lowest BCUT2D eigenvalue weighted by molar-refractivity contribution is -0.119. The number of nitrogens with one attached hydrogen (secondary N) is 1. The maximum atomic E-state index is 11.4. The lowest BCUT2D eigenvalue weighted by Gasteiger charge is -2.10. The van der Waals surface area contributed by atoms with Crippen LogP contribution in [0.5, 0.6) is 0 Å². The maximum absolute atomic E-state index is 11.4. The van der Waals surface area contributed by atoms with Crippen molar-refractivity contribution < 1.29 is 4.79 Å². The van der Waals surface area contributed by atoms with Crippen molar-refractivity contribution in [3.8, 4) is 0 Å². The van der Waals surface area contributed by atoms with Crippen LogP contribution in [0.3, 0.4) is 0 Å². The molecule has 2 nitrogen and oxygen atoms in total. The molecule has 1 aromatic carbocycles. The summed E-state index contributed by atoms with van der Waals surface area (Å²) >= 11 is 0. The van der Waals surface area contributed by atoms with Crippen LogP contribution in [0.1, 0.15) is 58.4 Å². The van der Waals surface area contributed by atoms with Crippen molar-refractivity contribution in [3.05, 3.63) is 29.8 Å². The number of carbonyl (C=O) groups excluding carboxylic acids is 1. The summed E-state index contributed by atoms with van der Waals surface area (Å²) in [5, 5.41) is 3.38. The number of unbranched alkanes of at least 4 members (excludes halogenated alkanes) is 1. The van der Waals surface area contributed by atoms with Crippen molar-refractivity contribution in [2.45, 2.75) is 65.3 Å². The van der Waals surface area contributed by atoms with Gasteiger partial charge in [-0.15, -0.1) is 0 Å². The molecule has 0 aliphatic heterocycles. The zero-order valence-electron chi connectivity index (χ0n) is 12.5. The molecule has 2 heteroatoms. The zero-order valence-corrected chi connectivity index (χ0v) is 12.5. The number of ketones is 1. The van der Waals surface area contributed by atoms with E-state index in [2.05, 4.69) is 50.4 Å². The van der Waals surface area contributed by atoms with E-state index >= 15 is 0 Å². The highest BCUT2D eigenvalue weighted by Gasteiger charge is 2.01. The average Bonchev–Trinajstić information content (AvgIpc) is 2.36.